The van der Waals surface area contributed by atoms with Crippen LogP contribution in [-0.2, 0) is 10.9 Å². The van der Waals surface area contributed by atoms with Crippen LogP contribution in [0.2, 0.25) is 0 Å². The SMILES string of the molecule is COCCCNc1cc(C(=O)O)c(C(F)(F)F)cn1. The highest BCUT2D eigenvalue weighted by Crippen LogP contribution is 2.32. The van der Waals surface area contributed by atoms with Crippen LogP contribution in [0.5, 0.6) is 0 Å². The molecule has 1 rings (SSSR count). The van der Waals surface area contributed by atoms with Gasteiger partial charge >= 0.3 is 12.1 Å². The summed E-state index contributed by atoms with van der Waals surface area (Å²) in [5, 5.41) is 11.5. The standard InChI is InChI=1S/C11H13F3N2O3/c1-19-4-2-3-15-9-5-7(10(17)18)8(6-16-9)11(12,13)14/h5-6H,2-4H2,1H3,(H,15,16)(H,17,18). The second kappa shape index (κ2) is 6.37. The van der Waals surface area contributed by atoms with Crippen molar-refractivity contribution in [2.45, 2.75) is 12.6 Å². The Balaban J connectivity index is 2.88. The lowest BCUT2D eigenvalue weighted by Gasteiger charge is -2.12. The molecule has 106 valence electrons. The number of aromatic nitrogens is 1. The largest absolute Gasteiger partial charge is 0.478 e. The Morgan fingerprint density at radius 3 is 2.74 bits per heavy atom. The van der Waals surface area contributed by atoms with Gasteiger partial charge in [0, 0.05) is 26.5 Å². The molecule has 0 bridgehead atoms. The minimum absolute atomic E-state index is 0.0847. The number of carbonyl (C=O) groups is 1. The molecule has 0 amide bonds. The summed E-state index contributed by atoms with van der Waals surface area (Å²) in [6.07, 6.45) is -3.60. The molecule has 1 aromatic heterocycles. The molecular weight excluding hydrogens is 265 g/mol. The van der Waals surface area contributed by atoms with Gasteiger partial charge in [-0.25, -0.2) is 9.78 Å². The Labute approximate surface area is 107 Å². The van der Waals surface area contributed by atoms with Gasteiger partial charge < -0.3 is 15.2 Å². The van der Waals surface area contributed by atoms with E-state index < -0.39 is 23.3 Å². The number of hydrogen-bond donors (Lipinski definition) is 2. The number of nitrogens with zero attached hydrogens (tertiary/aromatic N) is 1. The number of nitrogens with one attached hydrogen (secondary N) is 1. The van der Waals surface area contributed by atoms with E-state index in [4.69, 9.17) is 9.84 Å². The molecule has 0 aliphatic heterocycles. The van der Waals surface area contributed by atoms with Crippen molar-refractivity contribution in [3.05, 3.63) is 23.4 Å². The Morgan fingerprint density at radius 1 is 1.53 bits per heavy atom. The monoisotopic (exact) mass is 278 g/mol. The third-order valence-corrected chi connectivity index (χ3v) is 2.27. The van der Waals surface area contributed by atoms with E-state index in [1.54, 1.807) is 0 Å². The average molecular weight is 278 g/mol. The molecule has 0 aliphatic carbocycles. The molecule has 0 atom stereocenters. The summed E-state index contributed by atoms with van der Waals surface area (Å²) in [7, 11) is 1.53. The molecule has 2 N–H and O–H groups in total. The molecule has 1 heterocycles. The predicted octanol–water partition coefficient (Wildman–Crippen LogP) is 2.25. The third-order valence-electron chi connectivity index (χ3n) is 2.27. The Hall–Kier alpha value is -1.83. The van der Waals surface area contributed by atoms with Crippen molar-refractivity contribution in [3.8, 4) is 0 Å². The predicted molar refractivity (Wildman–Crippen MR) is 61.2 cm³/mol. The Kier molecular flexibility index (Phi) is 5.11. The first-order valence-corrected chi connectivity index (χ1v) is 5.39. The fraction of sp³-hybridized carbons (Fsp3) is 0.455. The van der Waals surface area contributed by atoms with E-state index in [1.165, 1.54) is 7.11 Å². The van der Waals surface area contributed by atoms with Crippen LogP contribution in [0.3, 0.4) is 0 Å². The topological polar surface area (TPSA) is 71.5 Å². The van der Waals surface area contributed by atoms with Crippen LogP contribution in [0.25, 0.3) is 0 Å². The number of hydrogen-bond acceptors (Lipinski definition) is 4. The highest BCUT2D eigenvalue weighted by molar-refractivity contribution is 5.90. The molecule has 0 radical (unpaired) electrons. The van der Waals surface area contributed by atoms with Crippen LogP contribution < -0.4 is 5.32 Å². The first-order valence-electron chi connectivity index (χ1n) is 5.39. The summed E-state index contributed by atoms with van der Waals surface area (Å²) in [6, 6.07) is 0.873. The zero-order valence-electron chi connectivity index (χ0n) is 10.1. The van der Waals surface area contributed by atoms with Crippen LogP contribution >= 0.6 is 0 Å². The number of halogens is 3. The van der Waals surface area contributed by atoms with Crippen LogP contribution in [0.4, 0.5) is 19.0 Å². The fourth-order valence-electron chi connectivity index (χ4n) is 1.39. The molecule has 0 aliphatic rings. The van der Waals surface area contributed by atoms with Gasteiger partial charge in [0.05, 0.1) is 11.1 Å². The zero-order valence-corrected chi connectivity index (χ0v) is 10.1. The number of methoxy groups -OCH3 is 1. The molecule has 19 heavy (non-hydrogen) atoms. The number of rotatable bonds is 6. The fourth-order valence-corrected chi connectivity index (χ4v) is 1.39. The molecule has 5 nitrogen and oxygen atoms in total. The van der Waals surface area contributed by atoms with E-state index in [9.17, 15) is 18.0 Å². The maximum atomic E-state index is 12.6. The quantitative estimate of drug-likeness (QED) is 0.781. The van der Waals surface area contributed by atoms with Crippen molar-refractivity contribution < 1.29 is 27.8 Å². The van der Waals surface area contributed by atoms with E-state index in [-0.39, 0.29) is 5.82 Å². The van der Waals surface area contributed by atoms with Gasteiger partial charge in [-0.1, -0.05) is 0 Å². The third kappa shape index (κ3) is 4.40. The van der Waals surface area contributed by atoms with Crippen molar-refractivity contribution >= 4 is 11.8 Å². The molecule has 0 unspecified atom stereocenters. The van der Waals surface area contributed by atoms with E-state index in [2.05, 4.69) is 10.3 Å². The van der Waals surface area contributed by atoms with Gasteiger partial charge in [-0.15, -0.1) is 0 Å². The summed E-state index contributed by atoms with van der Waals surface area (Å²) in [6.45, 7) is 0.907. The van der Waals surface area contributed by atoms with Crippen LogP contribution in [0, 0.1) is 0 Å². The zero-order chi connectivity index (χ0) is 14.5. The minimum Gasteiger partial charge on any atom is -0.478 e. The smallest absolute Gasteiger partial charge is 0.418 e. The summed E-state index contributed by atoms with van der Waals surface area (Å²) in [4.78, 5) is 14.4. The number of anilines is 1. The van der Waals surface area contributed by atoms with Crippen molar-refractivity contribution in [3.63, 3.8) is 0 Å². The number of alkyl halides is 3. The number of carboxylic acids is 1. The number of aromatic carboxylic acids is 1. The summed E-state index contributed by atoms with van der Waals surface area (Å²) < 4.78 is 42.5. The van der Waals surface area contributed by atoms with Gasteiger partial charge in [0.15, 0.2) is 0 Å². The normalized spacial score (nSPS) is 11.4. The molecule has 0 saturated heterocycles. The molecule has 8 heteroatoms. The van der Waals surface area contributed by atoms with Gasteiger partial charge in [-0.2, -0.15) is 13.2 Å². The first-order chi connectivity index (χ1) is 8.86. The van der Waals surface area contributed by atoms with Gasteiger partial charge in [0.25, 0.3) is 0 Å². The minimum atomic E-state index is -4.74. The number of pyridine rings is 1. The molecule has 0 saturated carbocycles. The molecule has 1 aromatic rings. The Bertz CT molecular complexity index is 449. The second-order valence-corrected chi connectivity index (χ2v) is 3.69. The number of ether oxygens (including phenoxy) is 1. The van der Waals surface area contributed by atoms with Gasteiger partial charge in [0.2, 0.25) is 0 Å². The van der Waals surface area contributed by atoms with Crippen molar-refractivity contribution in [1.29, 1.82) is 0 Å². The highest BCUT2D eigenvalue weighted by atomic mass is 19.4. The maximum Gasteiger partial charge on any atom is 0.418 e. The Morgan fingerprint density at radius 2 is 2.21 bits per heavy atom. The highest BCUT2D eigenvalue weighted by Gasteiger charge is 2.36. The van der Waals surface area contributed by atoms with Crippen molar-refractivity contribution in [2.75, 3.05) is 25.6 Å². The van der Waals surface area contributed by atoms with Crippen LogP contribution in [0.1, 0.15) is 22.3 Å². The molecule has 0 aromatic carbocycles. The number of carboxylic acid groups (broad SMARTS) is 1. The van der Waals surface area contributed by atoms with E-state index in [0.717, 1.165) is 6.07 Å². The first kappa shape index (κ1) is 15.2. The second-order valence-electron chi connectivity index (χ2n) is 3.69. The summed E-state index contributed by atoms with van der Waals surface area (Å²) in [5.41, 5.74) is -2.08. The average Bonchev–Trinajstić information content (AvgIpc) is 2.33. The van der Waals surface area contributed by atoms with Crippen molar-refractivity contribution in [2.24, 2.45) is 0 Å². The van der Waals surface area contributed by atoms with Gasteiger partial charge in [-0.05, 0) is 12.5 Å². The van der Waals surface area contributed by atoms with Crippen LogP contribution in [-0.4, -0.2) is 36.3 Å². The lowest BCUT2D eigenvalue weighted by atomic mass is 10.1. The summed E-state index contributed by atoms with van der Waals surface area (Å²) in [5.74, 6) is -1.56. The molecule has 0 fully saturated rings. The molecule has 0 spiro atoms. The van der Waals surface area contributed by atoms with Gasteiger partial charge in [-0.3, -0.25) is 0 Å². The van der Waals surface area contributed by atoms with E-state index in [1.807, 2.05) is 0 Å². The van der Waals surface area contributed by atoms with Gasteiger partial charge in [0.1, 0.15) is 5.82 Å². The van der Waals surface area contributed by atoms with Crippen molar-refractivity contribution in [1.82, 2.24) is 4.98 Å². The lowest BCUT2D eigenvalue weighted by molar-refractivity contribution is -0.138. The van der Waals surface area contributed by atoms with E-state index in [0.29, 0.717) is 25.8 Å². The van der Waals surface area contributed by atoms with Crippen LogP contribution in [0.15, 0.2) is 12.3 Å². The lowest BCUT2D eigenvalue weighted by Crippen LogP contribution is -2.15. The molecular formula is C11H13F3N2O3. The maximum absolute atomic E-state index is 12.6. The summed E-state index contributed by atoms with van der Waals surface area (Å²) >= 11 is 0. The van der Waals surface area contributed by atoms with E-state index >= 15 is 0 Å².